The molecule has 1 N–H and O–H groups in total. The van der Waals surface area contributed by atoms with Crippen LogP contribution in [0.1, 0.15) is 23.1 Å². The van der Waals surface area contributed by atoms with Gasteiger partial charge in [-0.05, 0) is 66.3 Å². The van der Waals surface area contributed by atoms with Crippen molar-refractivity contribution in [1.82, 2.24) is 0 Å². The summed E-state index contributed by atoms with van der Waals surface area (Å²) in [5.74, 6) is -0.421. The second-order valence-corrected chi connectivity index (χ2v) is 6.48. The first kappa shape index (κ1) is 15.2. The molecular weight excluding hydrogens is 329 g/mol. The fraction of sp³-hybridized carbons (Fsp3) is 0.211. The summed E-state index contributed by atoms with van der Waals surface area (Å²) in [6, 6.07) is 9.99. The molecule has 0 saturated carbocycles. The van der Waals surface area contributed by atoms with Gasteiger partial charge in [-0.2, -0.15) is 0 Å². The van der Waals surface area contributed by atoms with Gasteiger partial charge in [0, 0.05) is 23.0 Å². The Labute approximate surface area is 143 Å². The first-order valence-electron chi connectivity index (χ1n) is 7.87. The maximum absolute atomic E-state index is 13.9. The van der Waals surface area contributed by atoms with Crippen LogP contribution in [0.3, 0.4) is 0 Å². The van der Waals surface area contributed by atoms with Gasteiger partial charge >= 0.3 is 5.63 Å². The molecule has 0 radical (unpaired) electrons. The number of benzene rings is 2. The molecule has 1 aliphatic rings. The number of aryl methyl sites for hydroxylation is 2. The quantitative estimate of drug-likeness (QED) is 0.702. The van der Waals surface area contributed by atoms with E-state index in [4.69, 9.17) is 16.0 Å². The van der Waals surface area contributed by atoms with Crippen LogP contribution in [0.5, 0.6) is 0 Å². The molecule has 3 aromatic rings. The minimum absolute atomic E-state index is 0.333. The average Bonchev–Trinajstić information content (AvgIpc) is 2.99. The fourth-order valence-corrected chi connectivity index (χ4v) is 3.42. The number of anilines is 1. The zero-order chi connectivity index (χ0) is 16.7. The summed E-state index contributed by atoms with van der Waals surface area (Å²) in [6.45, 7) is 0.333. The first-order chi connectivity index (χ1) is 11.6. The Morgan fingerprint density at radius 1 is 1.12 bits per heavy atom. The van der Waals surface area contributed by atoms with Crippen LogP contribution in [0.2, 0.25) is 5.02 Å². The zero-order valence-electron chi connectivity index (χ0n) is 12.9. The van der Waals surface area contributed by atoms with Crippen LogP contribution in [-0.2, 0) is 19.4 Å². The molecule has 5 heteroatoms. The lowest BCUT2D eigenvalue weighted by Crippen LogP contribution is -2.07. The van der Waals surface area contributed by atoms with E-state index in [0.717, 1.165) is 30.2 Å². The second-order valence-electron chi connectivity index (χ2n) is 6.04. The van der Waals surface area contributed by atoms with Crippen molar-refractivity contribution in [2.24, 2.45) is 0 Å². The highest BCUT2D eigenvalue weighted by atomic mass is 35.5. The second kappa shape index (κ2) is 5.95. The van der Waals surface area contributed by atoms with Crippen LogP contribution < -0.4 is 10.9 Å². The lowest BCUT2D eigenvalue weighted by molar-refractivity contribution is 0.558. The Bertz CT molecular complexity index is 997. The third kappa shape index (κ3) is 2.78. The first-order valence-corrected chi connectivity index (χ1v) is 8.25. The molecule has 0 unspecified atom stereocenters. The highest BCUT2D eigenvalue weighted by Gasteiger charge is 2.15. The van der Waals surface area contributed by atoms with Gasteiger partial charge in [-0.1, -0.05) is 11.6 Å². The van der Waals surface area contributed by atoms with Crippen LogP contribution in [0, 0.1) is 5.82 Å². The monoisotopic (exact) mass is 343 g/mol. The minimum atomic E-state index is -0.421. The van der Waals surface area contributed by atoms with E-state index in [1.165, 1.54) is 23.3 Å². The van der Waals surface area contributed by atoms with E-state index in [2.05, 4.69) is 11.4 Å². The molecule has 0 amide bonds. The summed E-state index contributed by atoms with van der Waals surface area (Å²) in [7, 11) is 0. The zero-order valence-corrected chi connectivity index (χ0v) is 13.6. The fourth-order valence-electron chi connectivity index (χ4n) is 3.26. The van der Waals surface area contributed by atoms with Gasteiger partial charge in [0.25, 0.3) is 0 Å². The maximum atomic E-state index is 13.9. The van der Waals surface area contributed by atoms with E-state index in [1.54, 1.807) is 12.1 Å². The van der Waals surface area contributed by atoms with Crippen molar-refractivity contribution in [3.8, 4) is 0 Å². The smallest absolute Gasteiger partial charge is 0.336 e. The van der Waals surface area contributed by atoms with Crippen molar-refractivity contribution < 1.29 is 8.81 Å². The predicted octanol–water partition coefficient (Wildman–Crippen LogP) is 4.69. The lowest BCUT2D eigenvalue weighted by atomic mass is 10.0. The Balaban J connectivity index is 1.72. The Kier molecular flexibility index (Phi) is 3.77. The van der Waals surface area contributed by atoms with Gasteiger partial charge < -0.3 is 9.73 Å². The molecule has 0 bridgehead atoms. The van der Waals surface area contributed by atoms with Gasteiger partial charge in [0.2, 0.25) is 0 Å². The normalized spacial score (nSPS) is 13.2. The van der Waals surface area contributed by atoms with E-state index in [0.29, 0.717) is 22.8 Å². The molecule has 2 aromatic carbocycles. The summed E-state index contributed by atoms with van der Waals surface area (Å²) < 4.78 is 19.2. The lowest BCUT2D eigenvalue weighted by Gasteiger charge is -2.11. The van der Waals surface area contributed by atoms with E-state index in [1.807, 2.05) is 6.07 Å². The molecule has 3 nitrogen and oxygen atoms in total. The van der Waals surface area contributed by atoms with Crippen molar-refractivity contribution in [3.63, 3.8) is 0 Å². The van der Waals surface area contributed by atoms with Gasteiger partial charge in [0.15, 0.2) is 0 Å². The largest absolute Gasteiger partial charge is 0.423 e. The van der Waals surface area contributed by atoms with Gasteiger partial charge in [-0.3, -0.25) is 0 Å². The Morgan fingerprint density at radius 3 is 2.71 bits per heavy atom. The molecule has 0 fully saturated rings. The van der Waals surface area contributed by atoms with Gasteiger partial charge in [0.1, 0.15) is 11.4 Å². The SMILES string of the molecule is O=c1cc(CNc2ccc(Cl)cc2F)c2cc3c(cc2o1)CCC3. The highest BCUT2D eigenvalue weighted by molar-refractivity contribution is 6.30. The number of hydrogen-bond donors (Lipinski definition) is 1. The maximum Gasteiger partial charge on any atom is 0.336 e. The van der Waals surface area contributed by atoms with Gasteiger partial charge in [0.05, 0.1) is 5.69 Å². The van der Waals surface area contributed by atoms with Crippen LogP contribution in [0.15, 0.2) is 45.6 Å². The third-order valence-electron chi connectivity index (χ3n) is 4.44. The number of hydrogen-bond acceptors (Lipinski definition) is 3. The summed E-state index contributed by atoms with van der Waals surface area (Å²) in [5.41, 5.74) is 3.90. The third-order valence-corrected chi connectivity index (χ3v) is 4.68. The predicted molar refractivity (Wildman–Crippen MR) is 93.2 cm³/mol. The van der Waals surface area contributed by atoms with Crippen LogP contribution in [0.25, 0.3) is 11.0 Å². The summed E-state index contributed by atoms with van der Waals surface area (Å²) >= 11 is 5.77. The van der Waals surface area contributed by atoms with Gasteiger partial charge in [-0.15, -0.1) is 0 Å². The molecule has 122 valence electrons. The Morgan fingerprint density at radius 2 is 1.92 bits per heavy atom. The van der Waals surface area contributed by atoms with Gasteiger partial charge in [-0.25, -0.2) is 9.18 Å². The van der Waals surface area contributed by atoms with Crippen molar-refractivity contribution in [3.05, 3.63) is 74.3 Å². The highest BCUT2D eigenvalue weighted by Crippen LogP contribution is 2.29. The van der Waals surface area contributed by atoms with Crippen molar-refractivity contribution >= 4 is 28.3 Å². The molecule has 1 aliphatic carbocycles. The van der Waals surface area contributed by atoms with E-state index in [-0.39, 0.29) is 0 Å². The number of nitrogens with one attached hydrogen (secondary N) is 1. The average molecular weight is 344 g/mol. The topological polar surface area (TPSA) is 42.2 Å². The number of rotatable bonds is 3. The Hall–Kier alpha value is -2.33. The van der Waals surface area contributed by atoms with Crippen molar-refractivity contribution in [2.45, 2.75) is 25.8 Å². The summed E-state index contributed by atoms with van der Waals surface area (Å²) in [6.07, 6.45) is 3.19. The standard InChI is InChI=1S/C19H15ClFNO2/c20-14-4-5-17(16(21)9-14)22-10-13-8-19(23)24-18-7-12-3-1-2-11(12)6-15(13)18/h4-9,22H,1-3,10H2. The van der Waals surface area contributed by atoms with E-state index < -0.39 is 11.4 Å². The summed E-state index contributed by atoms with van der Waals surface area (Å²) in [4.78, 5) is 11.8. The van der Waals surface area contributed by atoms with Crippen molar-refractivity contribution in [1.29, 1.82) is 0 Å². The van der Waals surface area contributed by atoms with Crippen LogP contribution in [0.4, 0.5) is 10.1 Å². The van der Waals surface area contributed by atoms with Crippen LogP contribution in [-0.4, -0.2) is 0 Å². The van der Waals surface area contributed by atoms with E-state index in [9.17, 15) is 9.18 Å². The van der Waals surface area contributed by atoms with Crippen molar-refractivity contribution in [2.75, 3.05) is 5.32 Å². The number of fused-ring (bicyclic) bond motifs is 2. The molecule has 0 aliphatic heterocycles. The molecular formula is C19H15ClFNO2. The number of halogens is 2. The molecule has 0 saturated heterocycles. The van der Waals surface area contributed by atoms with Crippen LogP contribution >= 0.6 is 11.6 Å². The molecule has 0 atom stereocenters. The minimum Gasteiger partial charge on any atom is -0.423 e. The molecule has 4 rings (SSSR count). The molecule has 0 spiro atoms. The van der Waals surface area contributed by atoms with E-state index >= 15 is 0 Å². The summed E-state index contributed by atoms with van der Waals surface area (Å²) in [5, 5.41) is 4.28. The molecule has 24 heavy (non-hydrogen) atoms. The molecule has 1 aromatic heterocycles. The molecule has 1 heterocycles.